The van der Waals surface area contributed by atoms with Gasteiger partial charge in [0, 0.05) is 15.6 Å². The summed E-state index contributed by atoms with van der Waals surface area (Å²) in [6.07, 6.45) is 0.379. The lowest BCUT2D eigenvalue weighted by molar-refractivity contribution is 0.212. The van der Waals surface area contributed by atoms with Crippen LogP contribution in [0.5, 0.6) is 0 Å². The molecule has 0 amide bonds. The van der Waals surface area contributed by atoms with Crippen LogP contribution in [-0.2, 0) is 0 Å². The van der Waals surface area contributed by atoms with E-state index in [9.17, 15) is 9.50 Å². The van der Waals surface area contributed by atoms with Gasteiger partial charge in [0.1, 0.15) is 11.9 Å². The van der Waals surface area contributed by atoms with Crippen molar-refractivity contribution in [3.63, 3.8) is 0 Å². The molecule has 1 unspecified atom stereocenters. The minimum atomic E-state index is -1.05. The number of halogens is 3. The summed E-state index contributed by atoms with van der Waals surface area (Å²) >= 11 is 6.38. The average molecular weight is 350 g/mol. The van der Waals surface area contributed by atoms with E-state index < -0.39 is 11.9 Å². The van der Waals surface area contributed by atoms with Crippen LogP contribution in [0.3, 0.4) is 0 Å². The van der Waals surface area contributed by atoms with Crippen LogP contribution < -0.4 is 0 Å². The van der Waals surface area contributed by atoms with Gasteiger partial charge in [-0.05, 0) is 40.2 Å². The van der Waals surface area contributed by atoms with Gasteiger partial charge in [-0.25, -0.2) is 4.39 Å². The van der Waals surface area contributed by atoms with Gasteiger partial charge in [0.2, 0.25) is 0 Å². The molecule has 1 heterocycles. The van der Waals surface area contributed by atoms with E-state index in [0.717, 1.165) is 0 Å². The third-order valence-electron chi connectivity index (χ3n) is 2.19. The van der Waals surface area contributed by atoms with Crippen molar-refractivity contribution in [3.05, 3.63) is 56.6 Å². The molecule has 2 aromatic rings. The molecule has 2 rings (SSSR count). The summed E-state index contributed by atoms with van der Waals surface area (Å²) in [6.45, 7) is 0. The lowest BCUT2D eigenvalue weighted by Gasteiger charge is -2.11. The van der Waals surface area contributed by atoms with E-state index in [-0.39, 0.29) is 5.56 Å². The van der Waals surface area contributed by atoms with E-state index in [2.05, 4.69) is 31.9 Å². The highest BCUT2D eigenvalue weighted by atomic mass is 79.9. The molecule has 1 aromatic carbocycles. The van der Waals surface area contributed by atoms with E-state index in [1.165, 1.54) is 12.3 Å². The van der Waals surface area contributed by atoms with E-state index in [4.69, 9.17) is 4.42 Å². The summed E-state index contributed by atoms with van der Waals surface area (Å²) in [4.78, 5) is 0. The monoisotopic (exact) mass is 348 g/mol. The van der Waals surface area contributed by atoms with Crippen molar-refractivity contribution in [2.24, 2.45) is 0 Å². The molecule has 1 atom stereocenters. The van der Waals surface area contributed by atoms with Gasteiger partial charge in [-0.2, -0.15) is 0 Å². The Balaban J connectivity index is 2.45. The Morgan fingerprint density at radius 1 is 1.19 bits per heavy atom. The molecule has 0 aliphatic heterocycles. The van der Waals surface area contributed by atoms with E-state index in [0.29, 0.717) is 14.7 Å². The van der Waals surface area contributed by atoms with Crippen LogP contribution in [0.2, 0.25) is 0 Å². The van der Waals surface area contributed by atoms with Gasteiger partial charge in [0.15, 0.2) is 4.67 Å². The second-order valence-electron chi connectivity index (χ2n) is 3.22. The van der Waals surface area contributed by atoms with E-state index in [1.54, 1.807) is 18.2 Å². The van der Waals surface area contributed by atoms with Crippen molar-refractivity contribution in [1.82, 2.24) is 0 Å². The van der Waals surface area contributed by atoms with Gasteiger partial charge in [-0.15, -0.1) is 0 Å². The quantitative estimate of drug-likeness (QED) is 0.888. The minimum Gasteiger partial charge on any atom is -0.457 e. The maximum absolute atomic E-state index is 13.5. The Hall–Kier alpha value is -0.650. The van der Waals surface area contributed by atoms with Gasteiger partial charge >= 0.3 is 0 Å². The zero-order chi connectivity index (χ0) is 11.7. The van der Waals surface area contributed by atoms with Crippen LogP contribution in [-0.4, -0.2) is 5.11 Å². The smallest absolute Gasteiger partial charge is 0.175 e. The number of rotatable bonds is 2. The Bertz CT molecular complexity index is 510. The fraction of sp³-hybridized carbons (Fsp3) is 0.0909. The molecule has 84 valence electrons. The van der Waals surface area contributed by atoms with Gasteiger partial charge in [0.25, 0.3) is 0 Å². The summed E-state index contributed by atoms with van der Waals surface area (Å²) in [7, 11) is 0. The molecule has 5 heteroatoms. The highest BCUT2D eigenvalue weighted by molar-refractivity contribution is 9.10. The molecule has 1 N–H and O–H groups in total. The third-order valence-corrected chi connectivity index (χ3v) is 3.33. The predicted octanol–water partition coefficient (Wildman–Crippen LogP) is 4.03. The van der Waals surface area contributed by atoms with Crippen LogP contribution in [0.15, 0.2) is 44.1 Å². The number of benzene rings is 1. The first-order valence-corrected chi connectivity index (χ1v) is 6.04. The van der Waals surface area contributed by atoms with Crippen molar-refractivity contribution >= 4 is 31.9 Å². The highest BCUT2D eigenvalue weighted by Gasteiger charge is 2.19. The third kappa shape index (κ3) is 2.21. The molecule has 0 fully saturated rings. The van der Waals surface area contributed by atoms with Crippen LogP contribution in [0.1, 0.15) is 17.2 Å². The molecule has 0 aliphatic rings. The first-order valence-electron chi connectivity index (χ1n) is 4.45. The summed E-state index contributed by atoms with van der Waals surface area (Å²) in [5.41, 5.74) is 0.702. The molecule has 16 heavy (non-hydrogen) atoms. The van der Waals surface area contributed by atoms with Crippen LogP contribution >= 0.6 is 31.9 Å². The first kappa shape index (κ1) is 11.8. The van der Waals surface area contributed by atoms with Gasteiger partial charge in [-0.1, -0.05) is 15.9 Å². The summed E-state index contributed by atoms with van der Waals surface area (Å²) in [5.74, 6) is -0.455. The second kappa shape index (κ2) is 4.69. The number of hydrogen-bond donors (Lipinski definition) is 1. The molecule has 2 nitrogen and oxygen atoms in total. The largest absolute Gasteiger partial charge is 0.457 e. The van der Waals surface area contributed by atoms with E-state index in [1.807, 2.05) is 0 Å². The normalized spacial score (nSPS) is 12.8. The molecule has 0 saturated carbocycles. The van der Waals surface area contributed by atoms with Crippen molar-refractivity contribution in [2.75, 3.05) is 0 Å². The van der Waals surface area contributed by atoms with Gasteiger partial charge < -0.3 is 9.52 Å². The fourth-order valence-electron chi connectivity index (χ4n) is 1.39. The summed E-state index contributed by atoms with van der Waals surface area (Å²) < 4.78 is 19.6. The minimum absolute atomic E-state index is 0.205. The van der Waals surface area contributed by atoms with Crippen molar-refractivity contribution in [1.29, 1.82) is 0 Å². The van der Waals surface area contributed by atoms with Crippen LogP contribution in [0, 0.1) is 5.82 Å². The second-order valence-corrected chi connectivity index (χ2v) is 4.85. The molecule has 0 spiro atoms. The predicted molar refractivity (Wildman–Crippen MR) is 64.6 cm³/mol. The standard InChI is InChI=1S/C11H7Br2FO2/c12-6-1-2-9(14)8(5-6)10(15)7-3-4-16-11(7)13/h1-5,10,15H. The number of aliphatic hydroxyl groups excluding tert-OH is 1. The molecule has 0 radical (unpaired) electrons. The Morgan fingerprint density at radius 2 is 1.94 bits per heavy atom. The summed E-state index contributed by atoms with van der Waals surface area (Å²) in [6, 6.07) is 6.02. The maximum Gasteiger partial charge on any atom is 0.175 e. The fourth-order valence-corrected chi connectivity index (χ4v) is 2.23. The average Bonchev–Trinajstić information content (AvgIpc) is 2.67. The zero-order valence-corrected chi connectivity index (χ0v) is 11.1. The summed E-state index contributed by atoms with van der Waals surface area (Å²) in [5, 5.41) is 10.0. The Labute approximate surface area is 108 Å². The number of furan rings is 1. The molecular formula is C11H7Br2FO2. The Kier molecular flexibility index (Phi) is 3.47. The van der Waals surface area contributed by atoms with Crippen LogP contribution in [0.4, 0.5) is 4.39 Å². The molecule has 0 saturated heterocycles. The Morgan fingerprint density at radius 3 is 2.56 bits per heavy atom. The van der Waals surface area contributed by atoms with Crippen molar-refractivity contribution in [3.8, 4) is 0 Å². The SMILES string of the molecule is OC(c1cc(Br)ccc1F)c1ccoc1Br. The number of hydrogen-bond acceptors (Lipinski definition) is 2. The topological polar surface area (TPSA) is 33.4 Å². The molecular weight excluding hydrogens is 343 g/mol. The van der Waals surface area contributed by atoms with E-state index >= 15 is 0 Å². The zero-order valence-electron chi connectivity index (χ0n) is 7.95. The molecule has 1 aromatic heterocycles. The van der Waals surface area contributed by atoms with Gasteiger partial charge in [-0.3, -0.25) is 0 Å². The number of aliphatic hydroxyl groups is 1. The highest BCUT2D eigenvalue weighted by Crippen LogP contribution is 2.31. The van der Waals surface area contributed by atoms with Crippen LogP contribution in [0.25, 0.3) is 0 Å². The van der Waals surface area contributed by atoms with Gasteiger partial charge in [0.05, 0.1) is 6.26 Å². The van der Waals surface area contributed by atoms with Crippen molar-refractivity contribution < 1.29 is 13.9 Å². The molecule has 0 bridgehead atoms. The lowest BCUT2D eigenvalue weighted by atomic mass is 10.0. The first-order chi connectivity index (χ1) is 7.59. The van der Waals surface area contributed by atoms with Crippen molar-refractivity contribution in [2.45, 2.75) is 6.10 Å². The molecule has 0 aliphatic carbocycles. The lowest BCUT2D eigenvalue weighted by Crippen LogP contribution is -2.02. The maximum atomic E-state index is 13.5.